The van der Waals surface area contributed by atoms with E-state index in [0.29, 0.717) is 11.8 Å². The van der Waals surface area contributed by atoms with Crippen LogP contribution in [0.2, 0.25) is 0 Å². The lowest BCUT2D eigenvalue weighted by Gasteiger charge is -2.36. The fourth-order valence-corrected chi connectivity index (χ4v) is 9.85. The topological polar surface area (TPSA) is 12.4 Å². The second kappa shape index (κ2) is 14.6. The number of nitrogens with zero attached hydrogens (tertiary/aromatic N) is 1. The normalized spacial score (nSPS) is 21.2. The molecule has 2 aliphatic rings. The molecule has 7 aromatic rings. The van der Waals surface area contributed by atoms with Crippen LogP contribution in [-0.4, -0.2) is 5.71 Å². The van der Waals surface area contributed by atoms with Crippen molar-refractivity contribution < 1.29 is 0 Å². The van der Waals surface area contributed by atoms with E-state index in [1.165, 1.54) is 66.9 Å². The smallest absolute Gasteiger partial charge is 0.0778 e. The van der Waals surface area contributed by atoms with Gasteiger partial charge < -0.3 is 0 Å². The van der Waals surface area contributed by atoms with E-state index in [9.17, 15) is 0 Å². The molecule has 1 nitrogen and oxygen atoms in total. The first-order chi connectivity index (χ1) is 26.7. The van der Waals surface area contributed by atoms with Crippen LogP contribution < -0.4 is 0 Å². The minimum absolute atomic E-state index is 0.0370. The van der Waals surface area contributed by atoms with Crippen molar-refractivity contribution in [3.8, 4) is 22.3 Å². The van der Waals surface area contributed by atoms with Gasteiger partial charge in [-0.15, -0.1) is 0 Å². The van der Waals surface area contributed by atoms with Gasteiger partial charge in [0.1, 0.15) is 0 Å². The molecule has 264 valence electrons. The summed E-state index contributed by atoms with van der Waals surface area (Å²) in [4.78, 5) is 6.08. The summed E-state index contributed by atoms with van der Waals surface area (Å²) in [5.74, 6) is 0.989. The quantitative estimate of drug-likeness (QED) is 0.157. The highest BCUT2D eigenvalue weighted by Crippen LogP contribution is 2.57. The first kappa shape index (κ1) is 34.0. The van der Waals surface area contributed by atoms with Crippen molar-refractivity contribution in [3.05, 3.63) is 227 Å². The van der Waals surface area contributed by atoms with Crippen LogP contribution in [0.15, 0.2) is 193 Å². The van der Waals surface area contributed by atoms with Crippen LogP contribution in [0.3, 0.4) is 0 Å². The molecule has 4 atom stereocenters. The monoisotopic (exact) mass is 697 g/mol. The van der Waals surface area contributed by atoms with Crippen molar-refractivity contribution in [1.82, 2.24) is 0 Å². The zero-order valence-electron chi connectivity index (χ0n) is 31.3. The highest BCUT2D eigenvalue weighted by atomic mass is 14.8. The van der Waals surface area contributed by atoms with E-state index in [-0.39, 0.29) is 12.0 Å². The SMILES string of the molecule is CCC1/C(c2cccc3c2-c2ccccc2C3(c2ccccc2)c2ccccc2)=N\C(c2cccc(-c3ccccc3)c2)C(C)CCC1c1ccccc1. The minimum Gasteiger partial charge on any atom is -0.280 e. The number of hydrogen-bond donors (Lipinski definition) is 0. The van der Waals surface area contributed by atoms with Gasteiger partial charge in [-0.25, -0.2) is 0 Å². The van der Waals surface area contributed by atoms with E-state index in [1.807, 2.05) is 0 Å². The van der Waals surface area contributed by atoms with Crippen LogP contribution >= 0.6 is 0 Å². The molecule has 0 N–H and O–H groups in total. The maximum Gasteiger partial charge on any atom is 0.0778 e. The van der Waals surface area contributed by atoms with Crippen LogP contribution in [0.25, 0.3) is 22.3 Å². The van der Waals surface area contributed by atoms with E-state index in [0.717, 1.165) is 19.3 Å². The van der Waals surface area contributed by atoms with Crippen LogP contribution in [0.4, 0.5) is 0 Å². The van der Waals surface area contributed by atoms with Crippen LogP contribution in [-0.2, 0) is 5.41 Å². The van der Waals surface area contributed by atoms with Crippen molar-refractivity contribution >= 4 is 5.71 Å². The van der Waals surface area contributed by atoms with Gasteiger partial charge in [0.25, 0.3) is 0 Å². The molecule has 0 saturated heterocycles. The molecular weight excluding hydrogens is 651 g/mol. The molecule has 9 rings (SSSR count). The molecule has 0 spiro atoms. The summed E-state index contributed by atoms with van der Waals surface area (Å²) in [5.41, 5.74) is 15.2. The minimum atomic E-state index is -0.454. The van der Waals surface area contributed by atoms with Gasteiger partial charge >= 0.3 is 0 Å². The summed E-state index contributed by atoms with van der Waals surface area (Å²) >= 11 is 0. The van der Waals surface area contributed by atoms with Gasteiger partial charge in [-0.05, 0) is 92.8 Å². The van der Waals surface area contributed by atoms with Gasteiger partial charge in [0.15, 0.2) is 0 Å². The molecule has 4 unspecified atom stereocenters. The largest absolute Gasteiger partial charge is 0.280 e. The van der Waals surface area contributed by atoms with Crippen molar-refractivity contribution in [2.24, 2.45) is 16.8 Å². The third kappa shape index (κ3) is 5.75. The fourth-order valence-electron chi connectivity index (χ4n) is 9.85. The number of fused-ring (bicyclic) bond motifs is 3. The third-order valence-electron chi connectivity index (χ3n) is 12.3. The average Bonchev–Trinajstić information content (AvgIpc) is 3.55. The summed E-state index contributed by atoms with van der Waals surface area (Å²) in [6.07, 6.45) is 3.26. The average molecular weight is 698 g/mol. The Kier molecular flexibility index (Phi) is 9.17. The van der Waals surface area contributed by atoms with E-state index >= 15 is 0 Å². The highest BCUT2D eigenvalue weighted by Gasteiger charge is 2.47. The molecule has 7 aromatic carbocycles. The van der Waals surface area contributed by atoms with E-state index in [2.05, 4.69) is 202 Å². The van der Waals surface area contributed by atoms with Crippen LogP contribution in [0, 0.1) is 11.8 Å². The Hall–Kier alpha value is -5.79. The summed E-state index contributed by atoms with van der Waals surface area (Å²) < 4.78 is 0. The van der Waals surface area contributed by atoms with Crippen molar-refractivity contribution in [3.63, 3.8) is 0 Å². The van der Waals surface area contributed by atoms with Crippen LogP contribution in [0.5, 0.6) is 0 Å². The maximum atomic E-state index is 6.08. The predicted molar refractivity (Wildman–Crippen MR) is 226 cm³/mol. The summed E-state index contributed by atoms with van der Waals surface area (Å²) in [6.45, 7) is 4.80. The number of aliphatic imine (C=N–C) groups is 1. The molecule has 1 aliphatic heterocycles. The highest BCUT2D eigenvalue weighted by molar-refractivity contribution is 6.10. The molecule has 0 fully saturated rings. The Labute approximate surface area is 321 Å². The number of hydrogen-bond acceptors (Lipinski definition) is 1. The molecule has 1 aliphatic carbocycles. The fraction of sp³-hybridized carbons (Fsp3) is 0.189. The van der Waals surface area contributed by atoms with Gasteiger partial charge in [-0.1, -0.05) is 196 Å². The number of rotatable bonds is 7. The lowest BCUT2D eigenvalue weighted by Crippen LogP contribution is -2.30. The first-order valence-corrected chi connectivity index (χ1v) is 19.8. The summed E-state index contributed by atoms with van der Waals surface area (Å²) in [6, 6.07) is 69.8. The second-order valence-corrected chi connectivity index (χ2v) is 15.3. The van der Waals surface area contributed by atoms with Crippen LogP contribution in [0.1, 0.15) is 84.0 Å². The third-order valence-corrected chi connectivity index (χ3v) is 12.3. The van der Waals surface area contributed by atoms with Gasteiger partial charge in [-0.3, -0.25) is 4.99 Å². The molecule has 0 saturated carbocycles. The van der Waals surface area contributed by atoms with Crippen molar-refractivity contribution in [2.75, 3.05) is 0 Å². The van der Waals surface area contributed by atoms with E-state index in [1.54, 1.807) is 0 Å². The molecule has 0 aromatic heterocycles. The van der Waals surface area contributed by atoms with Gasteiger partial charge in [0.2, 0.25) is 0 Å². The Morgan fingerprint density at radius 1 is 0.519 bits per heavy atom. The summed E-state index contributed by atoms with van der Waals surface area (Å²) in [7, 11) is 0. The zero-order valence-corrected chi connectivity index (χ0v) is 31.3. The van der Waals surface area contributed by atoms with Crippen molar-refractivity contribution in [2.45, 2.75) is 50.5 Å². The van der Waals surface area contributed by atoms with Gasteiger partial charge in [0.05, 0.1) is 11.5 Å². The molecule has 1 heteroatoms. The molecule has 0 bridgehead atoms. The number of benzene rings is 7. The molecule has 54 heavy (non-hydrogen) atoms. The zero-order chi connectivity index (χ0) is 36.5. The Bertz CT molecular complexity index is 2350. The Morgan fingerprint density at radius 2 is 1.06 bits per heavy atom. The van der Waals surface area contributed by atoms with Gasteiger partial charge in [0, 0.05) is 17.2 Å². The Balaban J connectivity index is 1.32. The van der Waals surface area contributed by atoms with E-state index in [4.69, 9.17) is 4.99 Å². The lowest BCUT2D eigenvalue weighted by molar-refractivity contribution is 0.362. The predicted octanol–water partition coefficient (Wildman–Crippen LogP) is 13.5. The Morgan fingerprint density at radius 3 is 1.74 bits per heavy atom. The molecular formula is C53H47N. The molecule has 0 amide bonds. The van der Waals surface area contributed by atoms with E-state index < -0.39 is 5.41 Å². The maximum absolute atomic E-state index is 6.08. The first-order valence-electron chi connectivity index (χ1n) is 19.8. The molecule has 0 radical (unpaired) electrons. The summed E-state index contributed by atoms with van der Waals surface area (Å²) in [5, 5.41) is 0. The lowest BCUT2D eigenvalue weighted by atomic mass is 9.67. The molecule has 1 heterocycles. The van der Waals surface area contributed by atoms with Crippen molar-refractivity contribution in [1.29, 1.82) is 0 Å². The standard InChI is InChI=1S/C53H47N/c1-3-44-45(39-22-10-5-11-23-39)35-34-37(2)51(41-25-18-24-40(36-41)38-20-8-4-9-21-38)54-52(44)47-31-19-33-49-50(47)46-30-16-17-32-48(46)53(49,42-26-12-6-13-27-42)43-28-14-7-15-29-43/h4-33,36-37,44-45,51H,3,34-35H2,1-2H3/b54-52+. The second-order valence-electron chi connectivity index (χ2n) is 15.3. The van der Waals surface area contributed by atoms with Gasteiger partial charge in [-0.2, -0.15) is 0 Å².